The predicted octanol–water partition coefficient (Wildman–Crippen LogP) is 1.49. The highest BCUT2D eigenvalue weighted by molar-refractivity contribution is 5.77. The number of amides is 1. The predicted molar refractivity (Wildman–Crippen MR) is 95.9 cm³/mol. The number of carbonyl (C=O) groups is 1. The molecule has 1 aromatic heterocycles. The number of nitrogens with zero attached hydrogens (tertiary/aromatic N) is 4. The molecule has 2 atom stereocenters. The first-order valence-corrected chi connectivity index (χ1v) is 8.80. The van der Waals surface area contributed by atoms with E-state index in [1.54, 1.807) is 19.5 Å². The zero-order valence-electron chi connectivity index (χ0n) is 14.7. The molecule has 2 saturated heterocycles. The zero-order valence-corrected chi connectivity index (χ0v) is 14.7. The summed E-state index contributed by atoms with van der Waals surface area (Å²) in [6.07, 6.45) is 3.71. The summed E-state index contributed by atoms with van der Waals surface area (Å²) >= 11 is 0. The number of aromatic nitrogens is 2. The number of ether oxygens (including phenoxy) is 2. The van der Waals surface area contributed by atoms with Gasteiger partial charge in [0.15, 0.2) is 5.75 Å². The first-order chi connectivity index (χ1) is 12.7. The van der Waals surface area contributed by atoms with E-state index in [0.717, 1.165) is 5.56 Å². The topological polar surface area (TPSA) is 67.8 Å². The molecule has 0 unspecified atom stereocenters. The lowest BCUT2D eigenvalue weighted by Crippen LogP contribution is -2.45. The van der Waals surface area contributed by atoms with Crippen LogP contribution in [-0.2, 0) is 16.1 Å². The summed E-state index contributed by atoms with van der Waals surface area (Å²) in [4.78, 5) is 25.4. The van der Waals surface area contributed by atoms with Crippen LogP contribution >= 0.6 is 0 Å². The summed E-state index contributed by atoms with van der Waals surface area (Å²) in [5.74, 6) is 1.40. The maximum atomic E-state index is 12.7. The van der Waals surface area contributed by atoms with Gasteiger partial charge in [0.05, 0.1) is 44.7 Å². The molecule has 2 fully saturated rings. The van der Waals surface area contributed by atoms with Gasteiger partial charge in [0, 0.05) is 19.6 Å². The van der Waals surface area contributed by atoms with Gasteiger partial charge in [-0.25, -0.2) is 9.97 Å². The normalized spacial score (nSPS) is 22.9. The molecule has 0 radical (unpaired) electrons. The summed E-state index contributed by atoms with van der Waals surface area (Å²) < 4.78 is 11.1. The van der Waals surface area contributed by atoms with Gasteiger partial charge in [-0.3, -0.25) is 4.79 Å². The molecule has 2 aliphatic rings. The van der Waals surface area contributed by atoms with Crippen LogP contribution in [0.2, 0.25) is 0 Å². The van der Waals surface area contributed by atoms with E-state index < -0.39 is 0 Å². The smallest absolute Gasteiger partial charge is 0.225 e. The highest BCUT2D eigenvalue weighted by Crippen LogP contribution is 2.27. The monoisotopic (exact) mass is 354 g/mol. The Balaban J connectivity index is 1.54. The maximum Gasteiger partial charge on any atom is 0.225 e. The molecule has 1 aromatic carbocycles. The molecule has 7 nitrogen and oxygen atoms in total. The van der Waals surface area contributed by atoms with Crippen LogP contribution in [0.25, 0.3) is 0 Å². The number of rotatable bonds is 4. The Hall–Kier alpha value is -2.67. The van der Waals surface area contributed by atoms with Crippen molar-refractivity contribution in [1.29, 1.82) is 0 Å². The van der Waals surface area contributed by atoms with E-state index in [-0.39, 0.29) is 18.1 Å². The first kappa shape index (κ1) is 16.8. The van der Waals surface area contributed by atoms with Gasteiger partial charge in [0.1, 0.15) is 0 Å². The summed E-state index contributed by atoms with van der Waals surface area (Å²) in [6, 6.07) is 10.1. The van der Waals surface area contributed by atoms with Crippen molar-refractivity contribution in [2.24, 2.45) is 0 Å². The molecule has 0 saturated carbocycles. The van der Waals surface area contributed by atoms with Crippen molar-refractivity contribution in [3.05, 3.63) is 48.3 Å². The van der Waals surface area contributed by atoms with Crippen LogP contribution in [0.3, 0.4) is 0 Å². The fourth-order valence-electron chi connectivity index (χ4n) is 3.57. The van der Waals surface area contributed by atoms with E-state index in [4.69, 9.17) is 9.47 Å². The number of benzene rings is 1. The van der Waals surface area contributed by atoms with E-state index in [1.165, 1.54) is 0 Å². The number of fused-ring (bicyclic) bond motifs is 1. The first-order valence-electron chi connectivity index (χ1n) is 8.80. The van der Waals surface area contributed by atoms with Crippen LogP contribution in [0.5, 0.6) is 5.75 Å². The third-order valence-corrected chi connectivity index (χ3v) is 4.93. The molecular formula is C19H22N4O3. The van der Waals surface area contributed by atoms with Gasteiger partial charge in [-0.2, -0.15) is 0 Å². The van der Waals surface area contributed by atoms with Crippen LogP contribution in [0.15, 0.2) is 42.7 Å². The Bertz CT molecular complexity index is 753. The van der Waals surface area contributed by atoms with Crippen LogP contribution < -0.4 is 9.64 Å². The largest absolute Gasteiger partial charge is 0.494 e. The van der Waals surface area contributed by atoms with Gasteiger partial charge in [-0.1, -0.05) is 30.3 Å². The van der Waals surface area contributed by atoms with E-state index >= 15 is 0 Å². The lowest BCUT2D eigenvalue weighted by Gasteiger charge is -2.29. The van der Waals surface area contributed by atoms with E-state index in [2.05, 4.69) is 14.9 Å². The quantitative estimate of drug-likeness (QED) is 0.829. The maximum absolute atomic E-state index is 12.7. The summed E-state index contributed by atoms with van der Waals surface area (Å²) in [7, 11) is 1.59. The minimum atomic E-state index is -0.0316. The van der Waals surface area contributed by atoms with Gasteiger partial charge in [0.2, 0.25) is 11.9 Å². The molecule has 26 heavy (non-hydrogen) atoms. The van der Waals surface area contributed by atoms with Crippen molar-refractivity contribution in [2.75, 3.05) is 31.7 Å². The van der Waals surface area contributed by atoms with Gasteiger partial charge in [-0.05, 0) is 5.56 Å². The number of carbonyl (C=O) groups excluding carboxylic acids is 1. The SMILES string of the molecule is COc1cnc(N2C[C@@H]3OCCC(=O)N(Cc4ccccc4)[C@H]3C2)nc1. The van der Waals surface area contributed by atoms with Crippen molar-refractivity contribution >= 4 is 11.9 Å². The molecule has 136 valence electrons. The van der Waals surface area contributed by atoms with Crippen molar-refractivity contribution < 1.29 is 14.3 Å². The van der Waals surface area contributed by atoms with Crippen LogP contribution in [0.1, 0.15) is 12.0 Å². The Labute approximate surface area is 152 Å². The molecule has 7 heteroatoms. The van der Waals surface area contributed by atoms with Crippen molar-refractivity contribution in [3.63, 3.8) is 0 Å². The van der Waals surface area contributed by atoms with Crippen LogP contribution in [-0.4, -0.2) is 59.7 Å². The second-order valence-electron chi connectivity index (χ2n) is 6.56. The molecule has 3 heterocycles. The second-order valence-corrected chi connectivity index (χ2v) is 6.56. The molecule has 0 bridgehead atoms. The number of anilines is 1. The third-order valence-electron chi connectivity index (χ3n) is 4.93. The molecule has 0 aliphatic carbocycles. The molecule has 1 amide bonds. The molecular weight excluding hydrogens is 332 g/mol. The highest BCUT2D eigenvalue weighted by atomic mass is 16.5. The zero-order chi connectivity index (χ0) is 17.9. The Morgan fingerprint density at radius 1 is 1.19 bits per heavy atom. The molecule has 2 aromatic rings. The van der Waals surface area contributed by atoms with Crippen LogP contribution in [0, 0.1) is 0 Å². The average Bonchev–Trinajstić information content (AvgIpc) is 3.05. The van der Waals surface area contributed by atoms with Crippen molar-refractivity contribution in [2.45, 2.75) is 25.1 Å². The Morgan fingerprint density at radius 3 is 2.69 bits per heavy atom. The van der Waals surface area contributed by atoms with Crippen molar-refractivity contribution in [3.8, 4) is 5.75 Å². The highest BCUT2D eigenvalue weighted by Gasteiger charge is 2.42. The lowest BCUT2D eigenvalue weighted by molar-refractivity contribution is -0.133. The summed E-state index contributed by atoms with van der Waals surface area (Å²) in [5, 5.41) is 0. The molecule has 2 aliphatic heterocycles. The van der Waals surface area contributed by atoms with Gasteiger partial charge in [0.25, 0.3) is 0 Å². The minimum Gasteiger partial charge on any atom is -0.494 e. The number of methoxy groups -OCH3 is 1. The molecule has 0 N–H and O–H groups in total. The van der Waals surface area contributed by atoms with E-state index in [1.807, 2.05) is 35.2 Å². The molecule has 0 spiro atoms. The second kappa shape index (κ2) is 7.29. The van der Waals surface area contributed by atoms with Crippen molar-refractivity contribution in [1.82, 2.24) is 14.9 Å². The Kier molecular flexibility index (Phi) is 4.71. The fourth-order valence-corrected chi connectivity index (χ4v) is 3.57. The summed E-state index contributed by atoms with van der Waals surface area (Å²) in [5.41, 5.74) is 1.13. The Morgan fingerprint density at radius 2 is 1.96 bits per heavy atom. The van der Waals surface area contributed by atoms with Gasteiger partial charge < -0.3 is 19.3 Å². The third kappa shape index (κ3) is 3.35. The van der Waals surface area contributed by atoms with Crippen LogP contribution in [0.4, 0.5) is 5.95 Å². The van der Waals surface area contributed by atoms with E-state index in [0.29, 0.717) is 44.4 Å². The average molecular weight is 354 g/mol. The summed E-state index contributed by atoms with van der Waals surface area (Å²) in [6.45, 7) is 2.40. The standard InChI is InChI=1S/C19H22N4O3/c1-25-15-9-20-19(21-10-15)22-12-16-17(13-22)26-8-7-18(24)23(16)11-14-5-3-2-4-6-14/h2-6,9-10,16-17H,7-8,11-13H2,1H3/t16-,17-/m0/s1. The number of hydrogen-bond acceptors (Lipinski definition) is 6. The molecule has 4 rings (SSSR count). The lowest BCUT2D eigenvalue weighted by atomic mass is 10.1. The van der Waals surface area contributed by atoms with Gasteiger partial charge in [-0.15, -0.1) is 0 Å². The number of hydrogen-bond donors (Lipinski definition) is 0. The fraction of sp³-hybridized carbons (Fsp3) is 0.421. The van der Waals surface area contributed by atoms with E-state index in [9.17, 15) is 4.79 Å². The minimum absolute atomic E-state index is 0.00379. The van der Waals surface area contributed by atoms with Gasteiger partial charge >= 0.3 is 0 Å².